The number of rotatable bonds is 2. The van der Waals surface area contributed by atoms with Gasteiger partial charge in [-0.3, -0.25) is 0 Å². The second kappa shape index (κ2) is 6.92. The van der Waals surface area contributed by atoms with Crippen LogP contribution in [0.15, 0.2) is 36.4 Å². The zero-order valence-corrected chi connectivity index (χ0v) is 15.3. The molecule has 0 aliphatic rings. The fraction of sp³-hybridized carbons (Fsp3) is 0.312. The Morgan fingerprint density at radius 2 is 1.91 bits per heavy atom. The monoisotopic (exact) mass is 385 g/mol. The molecule has 1 heterocycles. The van der Waals surface area contributed by atoms with Crippen molar-refractivity contribution in [3.8, 4) is 0 Å². The molecular formula is C16H19NO3SSe. The molecule has 118 valence electrons. The van der Waals surface area contributed by atoms with Crippen LogP contribution in [0.3, 0.4) is 0 Å². The summed E-state index contributed by atoms with van der Waals surface area (Å²) < 4.78 is 32.9. The first-order chi connectivity index (χ1) is 10.3. The molecule has 0 fully saturated rings. The van der Waals surface area contributed by atoms with Gasteiger partial charge in [0.25, 0.3) is 0 Å². The number of benzene rings is 2. The third-order valence-corrected chi connectivity index (χ3v) is 6.87. The quantitative estimate of drug-likeness (QED) is 0.504. The summed E-state index contributed by atoms with van der Waals surface area (Å²) in [6.07, 6.45) is 0.395. The van der Waals surface area contributed by atoms with E-state index < -0.39 is 15.4 Å². The predicted octanol–water partition coefficient (Wildman–Crippen LogP) is 2.50. The summed E-state index contributed by atoms with van der Waals surface area (Å²) in [6.45, 7) is 5.25. The molecule has 1 atom stereocenters. The van der Waals surface area contributed by atoms with E-state index in [4.69, 9.17) is 0 Å². The number of hydrogen-bond acceptors (Lipinski definition) is 3. The minimum atomic E-state index is -4.00. The summed E-state index contributed by atoms with van der Waals surface area (Å²) >= 11 is 0.513. The Morgan fingerprint density at radius 1 is 1.23 bits per heavy atom. The predicted molar refractivity (Wildman–Crippen MR) is 89.1 cm³/mol. The van der Waals surface area contributed by atoms with Crippen molar-refractivity contribution in [1.82, 2.24) is 0 Å². The van der Waals surface area contributed by atoms with Crippen molar-refractivity contribution in [2.24, 2.45) is 0 Å². The second-order valence-corrected chi connectivity index (χ2v) is 9.58. The van der Waals surface area contributed by atoms with Crippen molar-refractivity contribution in [3.05, 3.63) is 41.0 Å². The number of fused-ring (bicyclic) bond motifs is 3. The number of aryl methyl sites for hydroxylation is 1. The molecule has 0 radical (unpaired) electrons. The molecule has 0 aliphatic heterocycles. The van der Waals surface area contributed by atoms with Crippen molar-refractivity contribution in [2.75, 3.05) is 0 Å². The van der Waals surface area contributed by atoms with E-state index in [1.54, 1.807) is 6.92 Å². The van der Waals surface area contributed by atoms with Crippen LogP contribution in [0.2, 0.25) is 0 Å². The number of hydrogen-bond donors (Lipinski definition) is 0. The molecule has 22 heavy (non-hydrogen) atoms. The molecule has 0 saturated heterocycles. The van der Waals surface area contributed by atoms with Crippen LogP contribution in [0.1, 0.15) is 24.8 Å². The van der Waals surface area contributed by atoms with Crippen molar-refractivity contribution >= 4 is 45.2 Å². The van der Waals surface area contributed by atoms with Gasteiger partial charge in [-0.1, -0.05) is 6.92 Å². The maximum atomic E-state index is 10.0. The van der Waals surface area contributed by atoms with E-state index in [0.29, 0.717) is 20.9 Å². The molecule has 3 rings (SSSR count). The van der Waals surface area contributed by atoms with Gasteiger partial charge < -0.3 is 4.55 Å². The van der Waals surface area contributed by atoms with Crippen molar-refractivity contribution < 1.29 is 18.0 Å². The fourth-order valence-electron chi connectivity index (χ4n) is 2.04. The summed E-state index contributed by atoms with van der Waals surface area (Å²) in [5, 5.41) is 1.94. The third-order valence-electron chi connectivity index (χ3n) is 3.52. The summed E-state index contributed by atoms with van der Waals surface area (Å²) in [6, 6.07) is 13.0. The standard InChI is InChI=1S/C12H9NSe.C4H10O3S/c1-8-13-12-10-5-3-2-4-9(10)6-7-11(12)14-8;1-3-4(2)8(5,6)7/h2-7H,1H3;4H,3H2,1-2H3,(H,5,6,7). The molecule has 0 spiro atoms. The van der Waals surface area contributed by atoms with E-state index in [1.807, 2.05) is 0 Å². The molecule has 1 unspecified atom stereocenters. The normalized spacial score (nSPS) is 12.9. The van der Waals surface area contributed by atoms with E-state index in [0.717, 1.165) is 0 Å². The zero-order chi connectivity index (χ0) is 16.3. The van der Waals surface area contributed by atoms with Gasteiger partial charge in [-0.2, -0.15) is 0 Å². The van der Waals surface area contributed by atoms with Crippen LogP contribution >= 0.6 is 0 Å². The topological polar surface area (TPSA) is 71.3 Å². The van der Waals surface area contributed by atoms with E-state index in [9.17, 15) is 13.0 Å². The van der Waals surface area contributed by atoms with Gasteiger partial charge in [0.05, 0.1) is 10.1 Å². The van der Waals surface area contributed by atoms with Crippen LogP contribution in [0.25, 0.3) is 20.5 Å². The van der Waals surface area contributed by atoms with Crippen LogP contribution in [-0.4, -0.2) is 32.7 Å². The van der Waals surface area contributed by atoms with Gasteiger partial charge in [-0.25, -0.2) is 8.42 Å². The van der Waals surface area contributed by atoms with Gasteiger partial charge in [0.15, 0.2) is 0 Å². The first kappa shape index (κ1) is 17.2. The molecule has 6 heteroatoms. The molecular weight excluding hydrogens is 365 g/mol. The Bertz CT molecular complexity index is 887. The van der Waals surface area contributed by atoms with E-state index in [1.165, 1.54) is 32.0 Å². The van der Waals surface area contributed by atoms with Crippen molar-refractivity contribution in [1.29, 1.82) is 0 Å². The number of aromatic nitrogens is 1. The van der Waals surface area contributed by atoms with E-state index in [-0.39, 0.29) is 0 Å². The molecule has 0 bridgehead atoms. The maximum absolute atomic E-state index is 10.0. The molecule has 2 aromatic carbocycles. The summed E-state index contributed by atoms with van der Waals surface area (Å²) in [7, 11) is -4.00. The van der Waals surface area contributed by atoms with Crippen LogP contribution in [0, 0.1) is 6.92 Å². The molecule has 0 saturated carbocycles. The SMILES string of the molecule is CCC(C)S(=O)(=O)[O-].Cc1[nH+]c2c(ccc3ccccc32)[se]1. The summed E-state index contributed by atoms with van der Waals surface area (Å²) in [4.78, 5) is 3.48. The first-order valence-electron chi connectivity index (χ1n) is 7.07. The molecule has 0 aliphatic carbocycles. The Hall–Kier alpha value is -1.20. The van der Waals surface area contributed by atoms with Gasteiger partial charge in [0, 0.05) is 5.25 Å². The Labute approximate surface area is 136 Å². The summed E-state index contributed by atoms with van der Waals surface area (Å²) in [5.41, 5.74) is 1.33. The second-order valence-electron chi connectivity index (χ2n) is 5.15. The Morgan fingerprint density at radius 3 is 2.50 bits per heavy atom. The molecule has 1 N–H and O–H groups in total. The molecule has 0 amide bonds. The van der Waals surface area contributed by atoms with Crippen LogP contribution < -0.4 is 4.98 Å². The third kappa shape index (κ3) is 3.96. The van der Waals surface area contributed by atoms with Crippen LogP contribution in [0.5, 0.6) is 0 Å². The molecule has 4 nitrogen and oxygen atoms in total. The first-order valence-corrected chi connectivity index (χ1v) is 10.3. The Kier molecular flexibility index (Phi) is 5.40. The minimum absolute atomic E-state index is 0.395. The number of H-pyrrole nitrogens is 1. The van der Waals surface area contributed by atoms with Gasteiger partial charge in [0.2, 0.25) is 0 Å². The van der Waals surface area contributed by atoms with Crippen molar-refractivity contribution in [3.63, 3.8) is 0 Å². The van der Waals surface area contributed by atoms with Gasteiger partial charge in [-0.05, 0) is 13.3 Å². The zero-order valence-electron chi connectivity index (χ0n) is 12.8. The Balaban J connectivity index is 0.000000192. The van der Waals surface area contributed by atoms with Crippen LogP contribution in [0.4, 0.5) is 0 Å². The average molecular weight is 384 g/mol. The summed E-state index contributed by atoms with van der Waals surface area (Å²) in [5.74, 6) is 0. The van der Waals surface area contributed by atoms with E-state index >= 15 is 0 Å². The van der Waals surface area contributed by atoms with Gasteiger partial charge in [-0.15, -0.1) is 0 Å². The molecule has 3 aromatic rings. The number of aromatic amines is 1. The molecule has 1 aromatic heterocycles. The fourth-order valence-corrected chi connectivity index (χ4v) is 4.30. The van der Waals surface area contributed by atoms with Gasteiger partial charge >= 0.3 is 87.9 Å². The number of nitrogens with one attached hydrogen (secondary N) is 1. The average Bonchev–Trinajstić information content (AvgIpc) is 2.87. The van der Waals surface area contributed by atoms with E-state index in [2.05, 4.69) is 48.3 Å². The van der Waals surface area contributed by atoms with Crippen molar-refractivity contribution in [2.45, 2.75) is 32.4 Å². The van der Waals surface area contributed by atoms with Gasteiger partial charge in [0.1, 0.15) is 0 Å². The van der Waals surface area contributed by atoms with Crippen LogP contribution in [-0.2, 0) is 10.1 Å².